The molecule has 1 atom stereocenters. The number of anilines is 1. The lowest BCUT2D eigenvalue weighted by molar-refractivity contribution is -0.139. The summed E-state index contributed by atoms with van der Waals surface area (Å²) in [6.07, 6.45) is 0.0914. The van der Waals surface area contributed by atoms with E-state index < -0.39 is 17.9 Å². The second kappa shape index (κ2) is 15.2. The molecule has 0 aromatic heterocycles. The Bertz CT molecular complexity index is 1910. The van der Waals surface area contributed by atoms with Crippen molar-refractivity contribution in [3.63, 3.8) is 0 Å². The molecule has 0 unspecified atom stereocenters. The van der Waals surface area contributed by atoms with Crippen LogP contribution in [0.5, 0.6) is 11.5 Å². The number of hydrogen-bond donors (Lipinski definition) is 3. The van der Waals surface area contributed by atoms with E-state index in [4.69, 9.17) is 39.5 Å². The molecule has 48 heavy (non-hydrogen) atoms. The number of aliphatic carboxylic acids is 1. The van der Waals surface area contributed by atoms with Crippen LogP contribution in [0, 0.1) is 0 Å². The molecule has 0 fully saturated rings. The highest BCUT2D eigenvalue weighted by Crippen LogP contribution is 2.39. The molecular weight excluding hydrogens is 667 g/mol. The molecule has 0 aliphatic heterocycles. The molecule has 5 aromatic rings. The Hall–Kier alpha value is -4.49. The first-order valence-corrected chi connectivity index (χ1v) is 16.5. The van der Waals surface area contributed by atoms with Gasteiger partial charge in [-0.1, -0.05) is 134 Å². The predicted octanol–water partition coefficient (Wildman–Crippen LogP) is 10.4. The average molecular weight is 702 g/mol. The van der Waals surface area contributed by atoms with Gasteiger partial charge in [-0.2, -0.15) is 0 Å². The van der Waals surface area contributed by atoms with E-state index in [1.807, 2.05) is 66.7 Å². The van der Waals surface area contributed by atoms with E-state index in [2.05, 4.69) is 43.5 Å². The zero-order valence-electron chi connectivity index (χ0n) is 26.7. The largest absolute Gasteiger partial charge is 0.480 e. The van der Waals surface area contributed by atoms with Gasteiger partial charge in [0, 0.05) is 18.7 Å². The van der Waals surface area contributed by atoms with E-state index in [-0.39, 0.29) is 38.2 Å². The normalized spacial score (nSPS) is 11.9. The van der Waals surface area contributed by atoms with Crippen molar-refractivity contribution in [3.05, 3.63) is 147 Å². The first-order chi connectivity index (χ1) is 22.9. The standard InChI is InChI=1S/C39H35Cl3N2O4/c1-39(2,3)28-15-11-25(12-16-28)23-43-32-19-17-29(48-34-20-18-31(40)35(41)36(34)42)22-30(32)37(45)44-33(38(46)47)21-24-9-13-27(14-10-24)26-7-5-4-6-8-26/h4-20,22,33,43H,21,23H2,1-3H3,(H,44,45)(H,46,47)/t33-/m0/s1. The maximum Gasteiger partial charge on any atom is 0.326 e. The summed E-state index contributed by atoms with van der Waals surface area (Å²) in [4.78, 5) is 26.2. The van der Waals surface area contributed by atoms with Gasteiger partial charge >= 0.3 is 5.97 Å². The highest BCUT2D eigenvalue weighted by atomic mass is 35.5. The van der Waals surface area contributed by atoms with Gasteiger partial charge in [0.15, 0.2) is 0 Å². The van der Waals surface area contributed by atoms with Gasteiger partial charge in [0.05, 0.1) is 15.6 Å². The number of amides is 1. The summed E-state index contributed by atoms with van der Waals surface area (Å²) >= 11 is 18.7. The van der Waals surface area contributed by atoms with Crippen LogP contribution in [0.2, 0.25) is 15.1 Å². The molecule has 0 radical (unpaired) electrons. The number of carboxylic acids is 1. The number of carboxylic acid groups (broad SMARTS) is 1. The van der Waals surface area contributed by atoms with Crippen molar-refractivity contribution in [2.24, 2.45) is 0 Å². The minimum absolute atomic E-state index is 0.0227. The van der Waals surface area contributed by atoms with Crippen LogP contribution in [0.3, 0.4) is 0 Å². The van der Waals surface area contributed by atoms with Crippen LogP contribution in [0.4, 0.5) is 5.69 Å². The van der Waals surface area contributed by atoms with E-state index in [0.29, 0.717) is 18.0 Å². The highest BCUT2D eigenvalue weighted by Gasteiger charge is 2.24. The van der Waals surface area contributed by atoms with Crippen LogP contribution in [0.25, 0.3) is 11.1 Å². The number of benzene rings is 5. The summed E-state index contributed by atoms with van der Waals surface area (Å²) in [5.41, 5.74) is 5.78. The zero-order valence-corrected chi connectivity index (χ0v) is 29.0. The number of halogens is 3. The van der Waals surface area contributed by atoms with E-state index in [9.17, 15) is 14.7 Å². The molecule has 1 amide bonds. The van der Waals surface area contributed by atoms with Gasteiger partial charge in [0.1, 0.15) is 22.6 Å². The Labute approximate surface area is 295 Å². The second-order valence-electron chi connectivity index (χ2n) is 12.4. The lowest BCUT2D eigenvalue weighted by atomic mass is 9.87. The third-order valence-corrected chi connectivity index (χ3v) is 9.15. The SMILES string of the molecule is CC(C)(C)c1ccc(CNc2ccc(Oc3ccc(Cl)c(Cl)c3Cl)cc2C(=O)N[C@@H](Cc2ccc(-c3ccccc3)cc2)C(=O)O)cc1. The third-order valence-electron chi connectivity index (χ3n) is 7.87. The zero-order chi connectivity index (χ0) is 34.4. The molecule has 3 N–H and O–H groups in total. The Balaban J connectivity index is 1.39. The number of hydrogen-bond acceptors (Lipinski definition) is 4. The minimum Gasteiger partial charge on any atom is -0.480 e. The smallest absolute Gasteiger partial charge is 0.326 e. The summed E-state index contributed by atoms with van der Waals surface area (Å²) in [6.45, 7) is 6.90. The van der Waals surface area contributed by atoms with Crippen molar-refractivity contribution >= 4 is 52.4 Å². The summed E-state index contributed by atoms with van der Waals surface area (Å²) in [7, 11) is 0. The fourth-order valence-electron chi connectivity index (χ4n) is 5.10. The van der Waals surface area contributed by atoms with Gasteiger partial charge in [0.25, 0.3) is 5.91 Å². The molecule has 5 rings (SSSR count). The quantitative estimate of drug-likeness (QED) is 0.119. The Morgan fingerprint density at radius 2 is 1.42 bits per heavy atom. The number of rotatable bonds is 11. The van der Waals surface area contributed by atoms with Crippen LogP contribution in [0.1, 0.15) is 47.8 Å². The van der Waals surface area contributed by atoms with Gasteiger partial charge in [-0.25, -0.2) is 4.79 Å². The molecule has 0 spiro atoms. The average Bonchev–Trinajstić information content (AvgIpc) is 3.08. The fourth-order valence-corrected chi connectivity index (χ4v) is 5.66. The predicted molar refractivity (Wildman–Crippen MR) is 195 cm³/mol. The van der Waals surface area contributed by atoms with Crippen LogP contribution in [-0.4, -0.2) is 23.0 Å². The first kappa shape index (κ1) is 34.8. The highest BCUT2D eigenvalue weighted by molar-refractivity contribution is 6.48. The third kappa shape index (κ3) is 8.70. The van der Waals surface area contributed by atoms with Crippen molar-refractivity contribution in [3.8, 4) is 22.6 Å². The molecule has 0 heterocycles. The molecule has 9 heteroatoms. The first-order valence-electron chi connectivity index (χ1n) is 15.4. The van der Waals surface area contributed by atoms with E-state index in [1.54, 1.807) is 24.3 Å². The topological polar surface area (TPSA) is 87.7 Å². The lowest BCUT2D eigenvalue weighted by Gasteiger charge is -2.20. The minimum atomic E-state index is -1.19. The van der Waals surface area contributed by atoms with Crippen molar-refractivity contribution < 1.29 is 19.4 Å². The van der Waals surface area contributed by atoms with Crippen LogP contribution in [-0.2, 0) is 23.2 Å². The number of carbonyl (C=O) groups is 2. The van der Waals surface area contributed by atoms with Crippen molar-refractivity contribution in [1.82, 2.24) is 5.32 Å². The van der Waals surface area contributed by atoms with Crippen molar-refractivity contribution in [2.75, 3.05) is 5.32 Å². The number of ether oxygens (including phenoxy) is 1. The maximum atomic E-state index is 13.8. The van der Waals surface area contributed by atoms with E-state index in [0.717, 1.165) is 22.3 Å². The van der Waals surface area contributed by atoms with Crippen LogP contribution in [0.15, 0.2) is 109 Å². The van der Waals surface area contributed by atoms with E-state index >= 15 is 0 Å². The summed E-state index contributed by atoms with van der Waals surface area (Å²) < 4.78 is 6.00. The molecule has 0 aliphatic carbocycles. The van der Waals surface area contributed by atoms with Gasteiger partial charge in [-0.05, 0) is 63.6 Å². The summed E-state index contributed by atoms with van der Waals surface area (Å²) in [5, 5.41) is 16.7. The molecule has 6 nitrogen and oxygen atoms in total. The monoisotopic (exact) mass is 700 g/mol. The number of nitrogens with one attached hydrogen (secondary N) is 2. The Morgan fingerprint density at radius 1 is 0.771 bits per heavy atom. The van der Waals surface area contributed by atoms with Crippen molar-refractivity contribution in [1.29, 1.82) is 0 Å². The summed E-state index contributed by atoms with van der Waals surface area (Å²) in [5.74, 6) is -1.19. The van der Waals surface area contributed by atoms with Gasteiger partial charge in [-0.3, -0.25) is 4.79 Å². The van der Waals surface area contributed by atoms with Crippen LogP contribution < -0.4 is 15.4 Å². The van der Waals surface area contributed by atoms with Gasteiger partial charge < -0.3 is 20.5 Å². The van der Waals surface area contributed by atoms with Crippen molar-refractivity contribution in [2.45, 2.75) is 45.2 Å². The molecule has 0 bridgehead atoms. The number of carbonyl (C=O) groups excluding carboxylic acids is 1. The molecule has 0 saturated carbocycles. The fraction of sp³-hybridized carbons (Fsp3) is 0.179. The second-order valence-corrected chi connectivity index (χ2v) is 13.6. The summed E-state index contributed by atoms with van der Waals surface area (Å²) in [6, 6.07) is 32.7. The molecule has 5 aromatic carbocycles. The molecular formula is C39H35Cl3N2O4. The molecule has 0 aliphatic rings. The Kier molecular flexibility index (Phi) is 11.0. The van der Waals surface area contributed by atoms with Gasteiger partial charge in [0.2, 0.25) is 0 Å². The molecule has 246 valence electrons. The lowest BCUT2D eigenvalue weighted by Crippen LogP contribution is -2.42. The maximum absolute atomic E-state index is 13.8. The van der Waals surface area contributed by atoms with Gasteiger partial charge in [-0.15, -0.1) is 0 Å². The van der Waals surface area contributed by atoms with E-state index in [1.165, 1.54) is 11.6 Å². The van der Waals surface area contributed by atoms with Crippen LogP contribution >= 0.6 is 34.8 Å². The molecule has 0 saturated heterocycles. The Morgan fingerprint density at radius 3 is 2.06 bits per heavy atom.